The molecule has 8 heteroatoms. The number of thioether (sulfide) groups is 1. The van der Waals surface area contributed by atoms with E-state index in [0.717, 1.165) is 40.8 Å². The van der Waals surface area contributed by atoms with Crippen LogP contribution >= 0.6 is 11.8 Å². The van der Waals surface area contributed by atoms with Crippen LogP contribution in [0.5, 0.6) is 0 Å². The highest BCUT2D eigenvalue weighted by Crippen LogP contribution is 2.30. The molecule has 1 heterocycles. The molecule has 0 bridgehead atoms. The first-order valence-corrected chi connectivity index (χ1v) is 15.4. The minimum atomic E-state index is -1.02. The number of carbonyl (C=O) groups excluding carboxylic acids is 1. The van der Waals surface area contributed by atoms with Gasteiger partial charge in [0.2, 0.25) is 0 Å². The maximum absolute atomic E-state index is 13.4. The van der Waals surface area contributed by atoms with Gasteiger partial charge in [-0.2, -0.15) is 11.8 Å². The third-order valence-electron chi connectivity index (χ3n) is 7.61. The van der Waals surface area contributed by atoms with Crippen molar-refractivity contribution in [3.63, 3.8) is 0 Å². The fraction of sp³-hybridized carbons (Fsp3) is 0.394. The quantitative estimate of drug-likeness (QED) is 0.266. The lowest BCUT2D eigenvalue weighted by molar-refractivity contribution is -0.139. The van der Waals surface area contributed by atoms with Crippen molar-refractivity contribution in [2.45, 2.75) is 51.1 Å². The van der Waals surface area contributed by atoms with E-state index in [9.17, 15) is 14.7 Å². The summed E-state index contributed by atoms with van der Waals surface area (Å²) < 4.78 is 11.8. The molecule has 1 unspecified atom stereocenters. The van der Waals surface area contributed by atoms with Gasteiger partial charge in [0.15, 0.2) is 0 Å². The van der Waals surface area contributed by atoms with Crippen molar-refractivity contribution in [3.05, 3.63) is 95.1 Å². The number of carbonyl (C=O) groups is 2. The molecule has 0 spiro atoms. The number of hydrogen-bond acceptors (Lipinski definition) is 6. The lowest BCUT2D eigenvalue weighted by Crippen LogP contribution is -2.41. The number of carboxylic acid groups (broad SMARTS) is 1. The summed E-state index contributed by atoms with van der Waals surface area (Å²) in [6, 6.07) is 23.3. The summed E-state index contributed by atoms with van der Waals surface area (Å²) in [5.41, 5.74) is 5.49. The number of carboxylic acids is 1. The summed E-state index contributed by atoms with van der Waals surface area (Å²) >= 11 is 1.56. The molecule has 1 amide bonds. The topological polar surface area (TPSA) is 88.1 Å². The molecule has 3 aromatic carbocycles. The van der Waals surface area contributed by atoms with Crippen LogP contribution in [0, 0.1) is 6.92 Å². The Bertz CT molecular complexity index is 1300. The van der Waals surface area contributed by atoms with Crippen LogP contribution in [0.15, 0.2) is 72.8 Å². The van der Waals surface area contributed by atoms with Crippen molar-refractivity contribution in [1.82, 2.24) is 10.2 Å². The average molecular weight is 577 g/mol. The van der Waals surface area contributed by atoms with E-state index in [2.05, 4.69) is 28.4 Å². The zero-order valence-corrected chi connectivity index (χ0v) is 24.9. The van der Waals surface area contributed by atoms with Gasteiger partial charge in [-0.25, -0.2) is 4.79 Å². The van der Waals surface area contributed by atoms with Crippen molar-refractivity contribution in [1.29, 1.82) is 0 Å². The van der Waals surface area contributed by atoms with Gasteiger partial charge in [-0.05, 0) is 71.7 Å². The first kappa shape index (κ1) is 30.8. The number of rotatable bonds is 14. The molecule has 1 aliphatic heterocycles. The molecule has 4 rings (SSSR count). The number of benzene rings is 3. The predicted octanol–water partition coefficient (Wildman–Crippen LogP) is 5.40. The lowest BCUT2D eigenvalue weighted by atomic mass is 9.93. The third kappa shape index (κ3) is 8.42. The molecule has 41 heavy (non-hydrogen) atoms. The van der Waals surface area contributed by atoms with Gasteiger partial charge < -0.3 is 19.9 Å². The molecule has 1 saturated heterocycles. The van der Waals surface area contributed by atoms with Gasteiger partial charge >= 0.3 is 5.97 Å². The highest BCUT2D eigenvalue weighted by molar-refractivity contribution is 7.98. The summed E-state index contributed by atoms with van der Waals surface area (Å²) in [7, 11) is 1.75. The number of amides is 1. The Morgan fingerprint density at radius 3 is 2.51 bits per heavy atom. The van der Waals surface area contributed by atoms with E-state index >= 15 is 0 Å². The number of ether oxygens (including phenoxy) is 2. The lowest BCUT2D eigenvalue weighted by Gasteiger charge is -2.25. The normalized spacial score (nSPS) is 17.8. The van der Waals surface area contributed by atoms with E-state index < -0.39 is 12.0 Å². The summed E-state index contributed by atoms with van der Waals surface area (Å²) in [6.45, 7) is 4.68. The molecule has 7 nitrogen and oxygen atoms in total. The Kier molecular flexibility index (Phi) is 11.4. The van der Waals surface area contributed by atoms with E-state index in [1.165, 1.54) is 0 Å². The standard InChI is InChI=1S/C33H40N2O5S/c1-23-9-7-8-12-28(23)30-17-25(13-14-29(30)32(36)34-31(33(37)38)15-16-41-3)19-35-20-27(39-2)18-26(35)22-40-21-24-10-5-4-6-11-24/h4-14,17,26-27,31H,15-16,18-22H2,1-3H3,(H,34,36)(H,37,38)/t26?,27-,31+/m1/s1. The van der Waals surface area contributed by atoms with Crippen LogP contribution in [0.2, 0.25) is 0 Å². The Hall–Kier alpha value is -3.17. The highest BCUT2D eigenvalue weighted by Gasteiger charge is 2.32. The Balaban J connectivity index is 1.55. The number of methoxy groups -OCH3 is 1. The molecule has 2 N–H and O–H groups in total. The van der Waals surface area contributed by atoms with Crippen molar-refractivity contribution in [2.24, 2.45) is 0 Å². The molecule has 1 aliphatic rings. The number of likely N-dealkylation sites (tertiary alicyclic amines) is 1. The maximum atomic E-state index is 13.4. The molecular weight excluding hydrogens is 536 g/mol. The zero-order chi connectivity index (χ0) is 29.2. The molecule has 218 valence electrons. The van der Waals surface area contributed by atoms with E-state index in [0.29, 0.717) is 37.5 Å². The smallest absolute Gasteiger partial charge is 0.326 e. The fourth-order valence-corrected chi connectivity index (χ4v) is 5.78. The number of hydrogen-bond donors (Lipinski definition) is 2. The van der Waals surface area contributed by atoms with E-state index in [-0.39, 0.29) is 18.1 Å². The SMILES string of the molecule is CO[C@@H]1CC(COCc2ccccc2)N(Cc2ccc(C(=O)N[C@@H](CCSC)C(=O)O)c(-c3ccccc3C)c2)C1. The van der Waals surface area contributed by atoms with Crippen LogP contribution in [-0.2, 0) is 27.4 Å². The first-order valence-electron chi connectivity index (χ1n) is 14.0. The third-order valence-corrected chi connectivity index (χ3v) is 8.25. The second-order valence-corrected chi connectivity index (χ2v) is 11.5. The number of nitrogens with one attached hydrogen (secondary N) is 1. The van der Waals surface area contributed by atoms with Gasteiger partial charge in [-0.15, -0.1) is 0 Å². The minimum Gasteiger partial charge on any atom is -0.480 e. The summed E-state index contributed by atoms with van der Waals surface area (Å²) in [6.07, 6.45) is 3.31. The molecular formula is C33H40N2O5S. The molecule has 0 saturated carbocycles. The molecule has 3 atom stereocenters. The Morgan fingerprint density at radius 1 is 1.05 bits per heavy atom. The maximum Gasteiger partial charge on any atom is 0.326 e. The summed E-state index contributed by atoms with van der Waals surface area (Å²) in [5.74, 6) is -0.755. The van der Waals surface area contributed by atoms with Crippen LogP contribution < -0.4 is 5.32 Å². The summed E-state index contributed by atoms with van der Waals surface area (Å²) in [4.78, 5) is 27.6. The Morgan fingerprint density at radius 2 is 1.80 bits per heavy atom. The zero-order valence-electron chi connectivity index (χ0n) is 24.0. The van der Waals surface area contributed by atoms with Crippen molar-refractivity contribution in [3.8, 4) is 11.1 Å². The highest BCUT2D eigenvalue weighted by atomic mass is 32.2. The van der Waals surface area contributed by atoms with E-state index in [1.807, 2.05) is 67.8 Å². The van der Waals surface area contributed by atoms with Gasteiger partial charge in [-0.3, -0.25) is 9.69 Å². The van der Waals surface area contributed by atoms with E-state index in [4.69, 9.17) is 9.47 Å². The molecule has 0 aliphatic carbocycles. The van der Waals surface area contributed by atoms with Crippen LogP contribution in [0.25, 0.3) is 11.1 Å². The van der Waals surface area contributed by atoms with Crippen LogP contribution in [0.4, 0.5) is 0 Å². The van der Waals surface area contributed by atoms with Crippen LogP contribution in [0.3, 0.4) is 0 Å². The second-order valence-electron chi connectivity index (χ2n) is 10.5. The molecule has 3 aromatic rings. The molecule has 0 radical (unpaired) electrons. The molecule has 0 aromatic heterocycles. The number of aryl methyl sites for hydroxylation is 1. The first-order chi connectivity index (χ1) is 19.9. The number of nitrogens with zero attached hydrogens (tertiary/aromatic N) is 1. The minimum absolute atomic E-state index is 0.135. The van der Waals surface area contributed by atoms with Gasteiger partial charge in [0.25, 0.3) is 5.91 Å². The van der Waals surface area contributed by atoms with Gasteiger partial charge in [0.1, 0.15) is 6.04 Å². The fourth-order valence-electron chi connectivity index (χ4n) is 5.31. The van der Waals surface area contributed by atoms with Crippen LogP contribution in [-0.4, -0.2) is 72.3 Å². The van der Waals surface area contributed by atoms with Gasteiger partial charge in [0, 0.05) is 31.8 Å². The second kappa shape index (κ2) is 15.2. The van der Waals surface area contributed by atoms with Gasteiger partial charge in [-0.1, -0.05) is 60.7 Å². The van der Waals surface area contributed by atoms with Crippen molar-refractivity contribution in [2.75, 3.05) is 32.3 Å². The Labute approximate surface area is 247 Å². The predicted molar refractivity (Wildman–Crippen MR) is 164 cm³/mol. The van der Waals surface area contributed by atoms with Crippen molar-refractivity contribution >= 4 is 23.6 Å². The van der Waals surface area contributed by atoms with Crippen molar-refractivity contribution < 1.29 is 24.2 Å². The summed E-state index contributed by atoms with van der Waals surface area (Å²) in [5, 5.41) is 12.4. The average Bonchev–Trinajstić information content (AvgIpc) is 3.37. The van der Waals surface area contributed by atoms with E-state index in [1.54, 1.807) is 18.9 Å². The number of aliphatic carboxylic acids is 1. The molecule has 1 fully saturated rings. The van der Waals surface area contributed by atoms with Crippen LogP contribution in [0.1, 0.15) is 39.9 Å². The largest absolute Gasteiger partial charge is 0.480 e. The monoisotopic (exact) mass is 576 g/mol. The van der Waals surface area contributed by atoms with Gasteiger partial charge in [0.05, 0.1) is 19.3 Å².